The Morgan fingerprint density at radius 1 is 1.05 bits per heavy atom. The number of ether oxygens (including phenoxy) is 2. The molecule has 0 aromatic heterocycles. The third kappa shape index (κ3) is 12.9. The summed E-state index contributed by atoms with van der Waals surface area (Å²) in [5.74, 6) is -0.154. The monoisotopic (exact) mass is 270 g/mol. The molecule has 0 saturated heterocycles. The smallest absolute Gasteiger partial charge is 0.305 e. The fraction of sp³-hybridized carbons (Fsp3) is 0.733. The molecule has 0 N–H and O–H groups in total. The molecule has 0 aliphatic rings. The molecule has 4 nitrogen and oxygen atoms in total. The second-order valence-electron chi connectivity index (χ2n) is 4.82. The summed E-state index contributed by atoms with van der Waals surface area (Å²) < 4.78 is 10.0. The Kier molecular flexibility index (Phi) is 10.9. The van der Waals surface area contributed by atoms with Gasteiger partial charge in [-0.2, -0.15) is 0 Å². The Morgan fingerprint density at radius 3 is 2.26 bits per heavy atom. The Hall–Kier alpha value is -1.32. The number of hydrogen-bond acceptors (Lipinski definition) is 4. The average molecular weight is 270 g/mol. The van der Waals surface area contributed by atoms with Crippen LogP contribution in [0.3, 0.4) is 0 Å². The molecule has 0 aliphatic heterocycles. The lowest BCUT2D eigenvalue weighted by Gasteiger charge is -2.07. The largest absolute Gasteiger partial charge is 0.465 e. The molecule has 0 radical (unpaired) electrons. The van der Waals surface area contributed by atoms with Crippen molar-refractivity contribution in [2.24, 2.45) is 5.92 Å². The van der Waals surface area contributed by atoms with Crippen LogP contribution in [0.15, 0.2) is 12.2 Å². The van der Waals surface area contributed by atoms with Crippen molar-refractivity contribution in [3.63, 3.8) is 0 Å². The van der Waals surface area contributed by atoms with Crippen LogP contribution in [-0.2, 0) is 19.1 Å². The Labute approximate surface area is 116 Å². The minimum absolute atomic E-state index is 0.243. The minimum atomic E-state index is -0.249. The van der Waals surface area contributed by atoms with E-state index in [1.165, 1.54) is 0 Å². The highest BCUT2D eigenvalue weighted by Gasteiger charge is 2.07. The molecular weight excluding hydrogens is 244 g/mol. The van der Waals surface area contributed by atoms with Crippen molar-refractivity contribution < 1.29 is 19.1 Å². The minimum Gasteiger partial charge on any atom is -0.465 e. The fourth-order valence-electron chi connectivity index (χ4n) is 1.31. The molecule has 0 amide bonds. The lowest BCUT2D eigenvalue weighted by atomic mass is 10.2. The third-order valence-corrected chi connectivity index (χ3v) is 2.29. The van der Waals surface area contributed by atoms with E-state index in [-0.39, 0.29) is 24.8 Å². The maximum absolute atomic E-state index is 11.3. The van der Waals surface area contributed by atoms with Crippen LogP contribution in [0, 0.1) is 5.92 Å². The quantitative estimate of drug-likeness (QED) is 0.347. The van der Waals surface area contributed by atoms with Gasteiger partial charge in [0.25, 0.3) is 0 Å². The fourth-order valence-corrected chi connectivity index (χ4v) is 1.31. The first-order chi connectivity index (χ1) is 9.06. The van der Waals surface area contributed by atoms with Gasteiger partial charge in [0.05, 0.1) is 13.2 Å². The van der Waals surface area contributed by atoms with Gasteiger partial charge in [-0.3, -0.25) is 9.59 Å². The van der Waals surface area contributed by atoms with E-state index in [1.54, 1.807) is 0 Å². The van der Waals surface area contributed by atoms with Crippen molar-refractivity contribution in [1.82, 2.24) is 0 Å². The average Bonchev–Trinajstić information content (AvgIpc) is 2.36. The van der Waals surface area contributed by atoms with E-state index in [2.05, 4.69) is 6.92 Å². The van der Waals surface area contributed by atoms with Crippen LogP contribution in [-0.4, -0.2) is 25.2 Å². The Bertz CT molecular complexity index is 282. The summed E-state index contributed by atoms with van der Waals surface area (Å²) in [4.78, 5) is 22.6. The third-order valence-electron chi connectivity index (χ3n) is 2.29. The van der Waals surface area contributed by atoms with Gasteiger partial charge in [0.15, 0.2) is 0 Å². The van der Waals surface area contributed by atoms with Crippen molar-refractivity contribution in [3.8, 4) is 0 Å². The predicted molar refractivity (Wildman–Crippen MR) is 74.7 cm³/mol. The van der Waals surface area contributed by atoms with Gasteiger partial charge in [-0.15, -0.1) is 0 Å². The van der Waals surface area contributed by atoms with E-state index >= 15 is 0 Å². The van der Waals surface area contributed by atoms with Crippen LogP contribution in [0.5, 0.6) is 0 Å². The van der Waals surface area contributed by atoms with Crippen LogP contribution in [0.4, 0.5) is 0 Å². The molecule has 0 aromatic rings. The maximum Gasteiger partial charge on any atom is 0.305 e. The van der Waals surface area contributed by atoms with Crippen LogP contribution in [0.25, 0.3) is 0 Å². The second-order valence-corrected chi connectivity index (χ2v) is 4.82. The predicted octanol–water partition coefficient (Wildman–Crippen LogP) is 3.26. The number of carbonyl (C=O) groups excluding carboxylic acids is 2. The lowest BCUT2D eigenvalue weighted by Crippen LogP contribution is -2.11. The van der Waals surface area contributed by atoms with E-state index < -0.39 is 0 Å². The molecule has 0 heterocycles. The van der Waals surface area contributed by atoms with E-state index in [0.717, 1.165) is 12.8 Å². The summed E-state index contributed by atoms with van der Waals surface area (Å²) >= 11 is 0. The number of allylic oxidation sites excluding steroid dienone is 1. The number of hydrogen-bond donors (Lipinski definition) is 0. The highest BCUT2D eigenvalue weighted by Crippen LogP contribution is 2.02. The molecule has 0 aliphatic carbocycles. The van der Waals surface area contributed by atoms with Gasteiger partial charge < -0.3 is 9.47 Å². The van der Waals surface area contributed by atoms with Crippen LogP contribution in [0.1, 0.15) is 52.9 Å². The molecule has 110 valence electrons. The van der Waals surface area contributed by atoms with Crippen LogP contribution < -0.4 is 0 Å². The van der Waals surface area contributed by atoms with E-state index in [0.29, 0.717) is 25.6 Å². The highest BCUT2D eigenvalue weighted by molar-refractivity contribution is 5.72. The van der Waals surface area contributed by atoms with Crippen LogP contribution >= 0.6 is 0 Å². The molecule has 4 heteroatoms. The zero-order valence-corrected chi connectivity index (χ0v) is 12.3. The zero-order chi connectivity index (χ0) is 14.5. The normalized spacial score (nSPS) is 10.9. The molecule has 0 spiro atoms. The molecule has 0 saturated carbocycles. The molecule has 0 aromatic carbocycles. The SMILES string of the molecule is CC/C=C\CCOC(=O)CCCC(=O)OCC(C)C. The van der Waals surface area contributed by atoms with E-state index in [4.69, 9.17) is 9.47 Å². The number of rotatable bonds is 10. The van der Waals surface area contributed by atoms with Crippen molar-refractivity contribution in [2.75, 3.05) is 13.2 Å². The first kappa shape index (κ1) is 17.7. The van der Waals surface area contributed by atoms with E-state index in [9.17, 15) is 9.59 Å². The lowest BCUT2D eigenvalue weighted by molar-refractivity contribution is -0.146. The highest BCUT2D eigenvalue weighted by atomic mass is 16.5. The zero-order valence-electron chi connectivity index (χ0n) is 12.3. The van der Waals surface area contributed by atoms with Crippen molar-refractivity contribution in [2.45, 2.75) is 52.9 Å². The van der Waals surface area contributed by atoms with Crippen molar-refractivity contribution in [3.05, 3.63) is 12.2 Å². The van der Waals surface area contributed by atoms with Gasteiger partial charge in [-0.05, 0) is 25.2 Å². The summed E-state index contributed by atoms with van der Waals surface area (Å²) in [6, 6.07) is 0. The van der Waals surface area contributed by atoms with Gasteiger partial charge in [-0.25, -0.2) is 0 Å². The molecule has 0 rings (SSSR count). The molecule has 0 atom stereocenters. The molecule has 0 fully saturated rings. The first-order valence-corrected chi connectivity index (χ1v) is 7.02. The summed E-state index contributed by atoms with van der Waals surface area (Å²) in [7, 11) is 0. The van der Waals surface area contributed by atoms with Gasteiger partial charge >= 0.3 is 11.9 Å². The molecule has 0 bridgehead atoms. The van der Waals surface area contributed by atoms with Crippen molar-refractivity contribution >= 4 is 11.9 Å². The Morgan fingerprint density at radius 2 is 1.68 bits per heavy atom. The van der Waals surface area contributed by atoms with Gasteiger partial charge in [0.1, 0.15) is 0 Å². The van der Waals surface area contributed by atoms with Crippen molar-refractivity contribution in [1.29, 1.82) is 0 Å². The molecule has 19 heavy (non-hydrogen) atoms. The number of esters is 2. The summed E-state index contributed by atoms with van der Waals surface area (Å²) in [6.45, 7) is 6.87. The number of carbonyl (C=O) groups is 2. The van der Waals surface area contributed by atoms with Gasteiger partial charge in [0.2, 0.25) is 0 Å². The van der Waals surface area contributed by atoms with Gasteiger partial charge in [0, 0.05) is 12.8 Å². The molecular formula is C15H26O4. The molecule has 0 unspecified atom stereocenters. The summed E-state index contributed by atoms with van der Waals surface area (Å²) in [5.41, 5.74) is 0. The first-order valence-electron chi connectivity index (χ1n) is 7.02. The summed E-state index contributed by atoms with van der Waals surface area (Å²) in [5, 5.41) is 0. The summed E-state index contributed by atoms with van der Waals surface area (Å²) in [6.07, 6.45) is 6.81. The topological polar surface area (TPSA) is 52.6 Å². The Balaban J connectivity index is 3.47. The van der Waals surface area contributed by atoms with Crippen LogP contribution in [0.2, 0.25) is 0 Å². The maximum atomic E-state index is 11.3. The second kappa shape index (κ2) is 11.8. The standard InChI is InChI=1S/C15H26O4/c1-4-5-6-7-11-18-14(16)9-8-10-15(17)19-12-13(2)3/h5-6,13H,4,7-12H2,1-3H3/b6-5-. The van der Waals surface area contributed by atoms with Gasteiger partial charge in [-0.1, -0.05) is 32.9 Å². The van der Waals surface area contributed by atoms with E-state index in [1.807, 2.05) is 26.0 Å².